The minimum absolute atomic E-state index is 0.0338. The van der Waals surface area contributed by atoms with Crippen molar-refractivity contribution in [1.82, 2.24) is 10.2 Å². The molecule has 0 aromatic heterocycles. The van der Waals surface area contributed by atoms with Crippen molar-refractivity contribution < 1.29 is 9.59 Å². The first-order chi connectivity index (χ1) is 18.9. The van der Waals surface area contributed by atoms with Crippen molar-refractivity contribution in [2.45, 2.75) is 58.2 Å². The van der Waals surface area contributed by atoms with Gasteiger partial charge in [-0.3, -0.25) is 9.59 Å². The van der Waals surface area contributed by atoms with Gasteiger partial charge in [0, 0.05) is 31.3 Å². The zero-order valence-electron chi connectivity index (χ0n) is 23.1. The number of carbonyl (C=O) groups excluding carboxylic acids is 2. The number of hydrogen-bond donors (Lipinski definition) is 1. The number of nitrogens with zero attached hydrogens (tertiary/aromatic N) is 1. The Bertz CT molecular complexity index is 1280. The van der Waals surface area contributed by atoms with Crippen LogP contribution in [0.25, 0.3) is 0 Å². The number of nitrogens with one attached hydrogen (secondary N) is 1. The Hall–Kier alpha value is -4.18. The van der Waals surface area contributed by atoms with Crippen LogP contribution in [0, 0.1) is 6.92 Å². The lowest BCUT2D eigenvalue weighted by Gasteiger charge is -2.33. The molecule has 0 spiro atoms. The Morgan fingerprint density at radius 3 is 1.72 bits per heavy atom. The maximum atomic E-state index is 14.3. The molecule has 200 valence electrons. The molecule has 0 unspecified atom stereocenters. The molecule has 0 heterocycles. The average molecular weight is 519 g/mol. The van der Waals surface area contributed by atoms with Gasteiger partial charge in [-0.05, 0) is 43.0 Å². The van der Waals surface area contributed by atoms with Crippen LogP contribution < -0.4 is 5.32 Å². The van der Waals surface area contributed by atoms with E-state index in [1.54, 1.807) is 4.90 Å². The highest BCUT2D eigenvalue weighted by atomic mass is 16.2. The smallest absolute Gasteiger partial charge is 0.243 e. The summed E-state index contributed by atoms with van der Waals surface area (Å²) in [5.41, 5.74) is 5.34. The van der Waals surface area contributed by atoms with Gasteiger partial charge in [-0.25, -0.2) is 0 Å². The summed E-state index contributed by atoms with van der Waals surface area (Å²) in [6.45, 7) is 6.30. The first-order valence-electron chi connectivity index (χ1n) is 13.7. The number of rotatable bonds is 11. The van der Waals surface area contributed by atoms with E-state index in [1.807, 2.05) is 99.6 Å². The van der Waals surface area contributed by atoms with E-state index >= 15 is 0 Å². The van der Waals surface area contributed by atoms with Crippen molar-refractivity contribution in [2.24, 2.45) is 0 Å². The van der Waals surface area contributed by atoms with Gasteiger partial charge >= 0.3 is 0 Å². The zero-order chi connectivity index (χ0) is 27.6. The summed E-state index contributed by atoms with van der Waals surface area (Å²) in [5.74, 6) is -0.302. The first-order valence-corrected chi connectivity index (χ1v) is 13.7. The van der Waals surface area contributed by atoms with Crippen LogP contribution in [0.4, 0.5) is 0 Å². The Kier molecular flexibility index (Phi) is 9.69. The third kappa shape index (κ3) is 7.90. The molecule has 2 amide bonds. The van der Waals surface area contributed by atoms with Gasteiger partial charge in [0.15, 0.2) is 0 Å². The van der Waals surface area contributed by atoms with Crippen molar-refractivity contribution in [1.29, 1.82) is 0 Å². The Morgan fingerprint density at radius 1 is 0.692 bits per heavy atom. The monoisotopic (exact) mass is 518 g/mol. The first kappa shape index (κ1) is 27.8. The van der Waals surface area contributed by atoms with E-state index in [2.05, 4.69) is 41.7 Å². The summed E-state index contributed by atoms with van der Waals surface area (Å²) in [6, 6.07) is 37.7. The summed E-state index contributed by atoms with van der Waals surface area (Å²) in [4.78, 5) is 29.8. The molecule has 0 fully saturated rings. The van der Waals surface area contributed by atoms with Gasteiger partial charge in [-0.1, -0.05) is 121 Å². The number of hydrogen-bond acceptors (Lipinski definition) is 2. The highest BCUT2D eigenvalue weighted by molar-refractivity contribution is 5.88. The fraction of sp³-hybridized carbons (Fsp3) is 0.257. The van der Waals surface area contributed by atoms with Crippen molar-refractivity contribution >= 4 is 11.8 Å². The van der Waals surface area contributed by atoms with Gasteiger partial charge in [0.25, 0.3) is 0 Å². The molecule has 0 radical (unpaired) electrons. The van der Waals surface area contributed by atoms with Crippen LogP contribution in [0.5, 0.6) is 0 Å². The molecule has 0 aliphatic heterocycles. The van der Waals surface area contributed by atoms with E-state index in [1.165, 1.54) is 0 Å². The molecule has 1 N–H and O–H groups in total. The second-order valence-corrected chi connectivity index (χ2v) is 10.5. The molecule has 0 saturated heterocycles. The molecule has 0 aliphatic carbocycles. The highest BCUT2D eigenvalue weighted by Crippen LogP contribution is 2.30. The van der Waals surface area contributed by atoms with Gasteiger partial charge in [-0.2, -0.15) is 0 Å². The molecule has 39 heavy (non-hydrogen) atoms. The molecule has 4 nitrogen and oxygen atoms in total. The lowest BCUT2D eigenvalue weighted by Crippen LogP contribution is -2.52. The number of benzene rings is 4. The molecule has 0 aliphatic rings. The third-order valence-corrected chi connectivity index (χ3v) is 6.96. The molecule has 4 rings (SSSR count). The minimum Gasteiger partial charge on any atom is -0.352 e. The zero-order valence-corrected chi connectivity index (χ0v) is 23.1. The predicted octanol–water partition coefficient (Wildman–Crippen LogP) is 6.68. The van der Waals surface area contributed by atoms with E-state index < -0.39 is 6.04 Å². The normalized spacial score (nSPS) is 11.8. The molecule has 4 heteroatoms. The predicted molar refractivity (Wildman–Crippen MR) is 158 cm³/mol. The number of aryl methyl sites for hydroxylation is 1. The van der Waals surface area contributed by atoms with Gasteiger partial charge < -0.3 is 10.2 Å². The maximum Gasteiger partial charge on any atom is 0.243 e. The summed E-state index contributed by atoms with van der Waals surface area (Å²) >= 11 is 0. The quantitative estimate of drug-likeness (QED) is 0.241. The SMILES string of the molecule is Cc1ccc(CN(C(=O)CC(c2ccccc2)c2ccccc2)[C@H](Cc2ccccc2)C(=O)NC(C)C)cc1. The van der Waals surface area contributed by atoms with Gasteiger partial charge in [0.2, 0.25) is 11.8 Å². The van der Waals surface area contributed by atoms with E-state index in [9.17, 15) is 9.59 Å². The summed E-state index contributed by atoms with van der Waals surface area (Å²) < 4.78 is 0. The van der Waals surface area contributed by atoms with E-state index in [0.717, 1.165) is 27.8 Å². The third-order valence-electron chi connectivity index (χ3n) is 6.96. The van der Waals surface area contributed by atoms with Crippen molar-refractivity contribution in [3.05, 3.63) is 143 Å². The van der Waals surface area contributed by atoms with Crippen LogP contribution in [0.3, 0.4) is 0 Å². The largest absolute Gasteiger partial charge is 0.352 e. The Morgan fingerprint density at radius 2 is 1.21 bits per heavy atom. The summed E-state index contributed by atoms with van der Waals surface area (Å²) in [6.07, 6.45) is 0.707. The lowest BCUT2D eigenvalue weighted by atomic mass is 9.87. The average Bonchev–Trinajstić information content (AvgIpc) is 2.95. The lowest BCUT2D eigenvalue weighted by molar-refractivity contribution is -0.141. The molecule has 0 saturated carbocycles. The Balaban J connectivity index is 1.73. The molecular weight excluding hydrogens is 480 g/mol. The van der Waals surface area contributed by atoms with E-state index in [4.69, 9.17) is 0 Å². The second-order valence-electron chi connectivity index (χ2n) is 10.5. The fourth-order valence-electron chi connectivity index (χ4n) is 4.92. The van der Waals surface area contributed by atoms with Crippen LogP contribution in [0.2, 0.25) is 0 Å². The summed E-state index contributed by atoms with van der Waals surface area (Å²) in [5, 5.41) is 3.08. The van der Waals surface area contributed by atoms with Crippen molar-refractivity contribution in [3.8, 4) is 0 Å². The van der Waals surface area contributed by atoms with Crippen molar-refractivity contribution in [2.75, 3.05) is 0 Å². The van der Waals surface area contributed by atoms with Crippen LogP contribution in [0.15, 0.2) is 115 Å². The molecule has 1 atom stereocenters. The van der Waals surface area contributed by atoms with Crippen molar-refractivity contribution in [3.63, 3.8) is 0 Å². The molecule has 4 aromatic carbocycles. The summed E-state index contributed by atoms with van der Waals surface area (Å²) in [7, 11) is 0. The second kappa shape index (κ2) is 13.6. The van der Waals surface area contributed by atoms with Gasteiger partial charge in [0.1, 0.15) is 6.04 Å². The van der Waals surface area contributed by atoms with Crippen LogP contribution in [0.1, 0.15) is 54.0 Å². The van der Waals surface area contributed by atoms with Crippen LogP contribution >= 0.6 is 0 Å². The van der Waals surface area contributed by atoms with E-state index in [0.29, 0.717) is 13.0 Å². The number of amides is 2. The highest BCUT2D eigenvalue weighted by Gasteiger charge is 2.32. The van der Waals surface area contributed by atoms with Crippen LogP contribution in [-0.2, 0) is 22.6 Å². The van der Waals surface area contributed by atoms with Gasteiger partial charge in [-0.15, -0.1) is 0 Å². The van der Waals surface area contributed by atoms with E-state index in [-0.39, 0.29) is 30.2 Å². The topological polar surface area (TPSA) is 49.4 Å². The van der Waals surface area contributed by atoms with Gasteiger partial charge in [0.05, 0.1) is 0 Å². The molecule has 0 bridgehead atoms. The maximum absolute atomic E-state index is 14.3. The number of carbonyl (C=O) groups is 2. The van der Waals surface area contributed by atoms with Crippen LogP contribution in [-0.4, -0.2) is 28.8 Å². The fourth-order valence-corrected chi connectivity index (χ4v) is 4.92. The molecular formula is C35H38N2O2. The standard InChI is InChI=1S/C35H38N2O2/c1-26(2)36-35(39)33(23-28-13-7-4-8-14-28)37(25-29-21-19-27(3)20-22-29)34(38)24-32(30-15-9-5-10-16-30)31-17-11-6-12-18-31/h4-22,26,32-33H,23-25H2,1-3H3,(H,36,39)/t33-/m1/s1. The Labute approximate surface area is 232 Å². The minimum atomic E-state index is -0.643. The molecule has 4 aromatic rings.